The summed E-state index contributed by atoms with van der Waals surface area (Å²) in [5, 5.41) is 7.79. The van der Waals surface area contributed by atoms with E-state index in [0.717, 1.165) is 49.8 Å². The molecule has 0 bridgehead atoms. The Balaban J connectivity index is 0.00000243. The number of nitrogens with one attached hydrogen (secondary N) is 1. The van der Waals surface area contributed by atoms with Crippen molar-refractivity contribution in [1.29, 1.82) is 0 Å². The van der Waals surface area contributed by atoms with Gasteiger partial charge in [-0.25, -0.2) is 4.99 Å². The van der Waals surface area contributed by atoms with Crippen molar-refractivity contribution < 1.29 is 4.42 Å². The second kappa shape index (κ2) is 9.80. The Morgan fingerprint density at radius 2 is 2.35 bits per heavy atom. The molecule has 142 valence electrons. The number of hydrogen-bond acceptors (Lipinski definition) is 3. The van der Waals surface area contributed by atoms with Crippen LogP contribution in [0.1, 0.15) is 30.6 Å². The van der Waals surface area contributed by atoms with E-state index < -0.39 is 0 Å². The maximum absolute atomic E-state index is 5.40. The van der Waals surface area contributed by atoms with Crippen molar-refractivity contribution in [3.63, 3.8) is 0 Å². The predicted octanol–water partition coefficient (Wildman–Crippen LogP) is 3.18. The SMILES string of the molecule is C=C(C)CN=C(NCCc1ccco1)N1CCC(c2cnn(C)c2)C1.I. The number of hydrogen-bond donors (Lipinski definition) is 1. The van der Waals surface area contributed by atoms with Crippen LogP contribution in [-0.2, 0) is 13.5 Å². The average molecular weight is 469 g/mol. The number of aromatic nitrogens is 2. The lowest BCUT2D eigenvalue weighted by atomic mass is 10.0. The van der Waals surface area contributed by atoms with Crippen LogP contribution >= 0.6 is 24.0 Å². The fourth-order valence-corrected chi connectivity index (χ4v) is 3.11. The average Bonchev–Trinajstić information content (AvgIpc) is 3.31. The Labute approximate surface area is 172 Å². The van der Waals surface area contributed by atoms with E-state index in [2.05, 4.69) is 28.1 Å². The predicted molar refractivity (Wildman–Crippen MR) is 115 cm³/mol. The minimum absolute atomic E-state index is 0. The van der Waals surface area contributed by atoms with Gasteiger partial charge in [0.25, 0.3) is 0 Å². The molecule has 0 aromatic carbocycles. The third-order valence-electron chi connectivity index (χ3n) is 4.42. The second-order valence-corrected chi connectivity index (χ2v) is 6.73. The van der Waals surface area contributed by atoms with Gasteiger partial charge >= 0.3 is 0 Å². The van der Waals surface area contributed by atoms with Crippen LogP contribution in [0.3, 0.4) is 0 Å². The van der Waals surface area contributed by atoms with Gasteiger partial charge in [-0.05, 0) is 31.0 Å². The fourth-order valence-electron chi connectivity index (χ4n) is 3.11. The highest BCUT2D eigenvalue weighted by molar-refractivity contribution is 14.0. The maximum Gasteiger partial charge on any atom is 0.194 e. The summed E-state index contributed by atoms with van der Waals surface area (Å²) in [5.74, 6) is 2.46. The molecule has 0 saturated carbocycles. The molecule has 2 aromatic heterocycles. The number of aliphatic imine (C=N–C) groups is 1. The van der Waals surface area contributed by atoms with Crippen molar-refractivity contribution in [2.45, 2.75) is 25.7 Å². The zero-order chi connectivity index (χ0) is 17.6. The molecule has 7 heteroatoms. The molecule has 26 heavy (non-hydrogen) atoms. The van der Waals surface area contributed by atoms with E-state index in [-0.39, 0.29) is 24.0 Å². The van der Waals surface area contributed by atoms with Gasteiger partial charge in [0.05, 0.1) is 19.0 Å². The van der Waals surface area contributed by atoms with Crippen LogP contribution in [0.5, 0.6) is 0 Å². The molecule has 2 aromatic rings. The lowest BCUT2D eigenvalue weighted by molar-refractivity contribution is 0.476. The number of guanidine groups is 1. The molecule has 3 heterocycles. The fraction of sp³-hybridized carbons (Fsp3) is 0.474. The van der Waals surface area contributed by atoms with E-state index in [1.807, 2.05) is 37.0 Å². The van der Waals surface area contributed by atoms with Crippen LogP contribution in [-0.4, -0.2) is 46.8 Å². The standard InChI is InChI=1S/C19H27N5O.HI/c1-15(2)11-21-19(20-8-6-18-5-4-10-25-18)24-9-7-16(14-24)17-12-22-23(3)13-17;/h4-5,10,12-13,16H,1,6-9,11,14H2,2-3H3,(H,20,21);1H. The first kappa shape index (κ1) is 20.5. The largest absolute Gasteiger partial charge is 0.469 e. The van der Waals surface area contributed by atoms with Gasteiger partial charge in [0.1, 0.15) is 5.76 Å². The van der Waals surface area contributed by atoms with Gasteiger partial charge < -0.3 is 14.6 Å². The zero-order valence-corrected chi connectivity index (χ0v) is 17.8. The molecule has 1 atom stereocenters. The summed E-state index contributed by atoms with van der Waals surface area (Å²) in [5.41, 5.74) is 2.37. The second-order valence-electron chi connectivity index (χ2n) is 6.73. The highest BCUT2D eigenvalue weighted by atomic mass is 127. The zero-order valence-electron chi connectivity index (χ0n) is 15.5. The van der Waals surface area contributed by atoms with Crippen LogP contribution < -0.4 is 5.32 Å². The molecule has 1 saturated heterocycles. The molecule has 1 N–H and O–H groups in total. The lowest BCUT2D eigenvalue weighted by Crippen LogP contribution is -2.41. The van der Waals surface area contributed by atoms with E-state index in [0.29, 0.717) is 12.5 Å². The first-order valence-electron chi connectivity index (χ1n) is 8.80. The van der Waals surface area contributed by atoms with Gasteiger partial charge in [-0.3, -0.25) is 4.68 Å². The summed E-state index contributed by atoms with van der Waals surface area (Å²) in [6.07, 6.45) is 7.77. The lowest BCUT2D eigenvalue weighted by Gasteiger charge is -2.22. The van der Waals surface area contributed by atoms with Gasteiger partial charge in [-0.2, -0.15) is 5.10 Å². The van der Waals surface area contributed by atoms with Crippen LogP contribution in [0.25, 0.3) is 0 Å². The minimum atomic E-state index is 0. The Kier molecular flexibility index (Phi) is 7.74. The normalized spacial score (nSPS) is 17.2. The Bertz CT molecular complexity index is 722. The molecule has 1 unspecified atom stereocenters. The number of rotatable bonds is 6. The van der Waals surface area contributed by atoms with Gasteiger partial charge in [-0.15, -0.1) is 24.0 Å². The Morgan fingerprint density at radius 3 is 3.00 bits per heavy atom. The smallest absolute Gasteiger partial charge is 0.194 e. The van der Waals surface area contributed by atoms with E-state index in [9.17, 15) is 0 Å². The van der Waals surface area contributed by atoms with Crippen LogP contribution in [0.15, 0.2) is 52.4 Å². The van der Waals surface area contributed by atoms with Crippen molar-refractivity contribution in [3.05, 3.63) is 54.3 Å². The summed E-state index contributed by atoms with van der Waals surface area (Å²) in [7, 11) is 1.96. The monoisotopic (exact) mass is 469 g/mol. The highest BCUT2D eigenvalue weighted by Gasteiger charge is 2.27. The first-order chi connectivity index (χ1) is 12.1. The summed E-state index contributed by atoms with van der Waals surface area (Å²) in [6.45, 7) is 9.39. The van der Waals surface area contributed by atoms with Crippen molar-refractivity contribution in [2.75, 3.05) is 26.2 Å². The molecule has 3 rings (SSSR count). The van der Waals surface area contributed by atoms with E-state index >= 15 is 0 Å². The Morgan fingerprint density at radius 1 is 1.50 bits per heavy atom. The molecule has 0 radical (unpaired) electrons. The molecule has 0 amide bonds. The number of furan rings is 1. The highest BCUT2D eigenvalue weighted by Crippen LogP contribution is 2.26. The van der Waals surface area contributed by atoms with Crippen LogP contribution in [0, 0.1) is 0 Å². The maximum atomic E-state index is 5.40. The summed E-state index contributed by atoms with van der Waals surface area (Å²) >= 11 is 0. The summed E-state index contributed by atoms with van der Waals surface area (Å²) in [4.78, 5) is 7.07. The van der Waals surface area contributed by atoms with Gasteiger partial charge in [0.15, 0.2) is 5.96 Å². The van der Waals surface area contributed by atoms with Crippen molar-refractivity contribution in [2.24, 2.45) is 12.0 Å². The number of halogens is 1. The van der Waals surface area contributed by atoms with Crippen LogP contribution in [0.4, 0.5) is 0 Å². The first-order valence-corrected chi connectivity index (χ1v) is 8.80. The summed E-state index contributed by atoms with van der Waals surface area (Å²) in [6, 6.07) is 3.92. The van der Waals surface area contributed by atoms with E-state index in [1.54, 1.807) is 6.26 Å². The molecule has 0 aliphatic carbocycles. The molecule has 0 spiro atoms. The molecule has 1 aliphatic rings. The third-order valence-corrected chi connectivity index (χ3v) is 4.42. The van der Waals surface area contributed by atoms with E-state index in [1.165, 1.54) is 5.56 Å². The van der Waals surface area contributed by atoms with Gasteiger partial charge in [-0.1, -0.05) is 12.2 Å². The quantitative estimate of drug-likeness (QED) is 0.306. The number of nitrogens with zero attached hydrogens (tertiary/aromatic N) is 4. The third kappa shape index (κ3) is 5.62. The van der Waals surface area contributed by atoms with Crippen molar-refractivity contribution in [1.82, 2.24) is 20.0 Å². The molecular weight excluding hydrogens is 441 g/mol. The molecule has 1 aliphatic heterocycles. The van der Waals surface area contributed by atoms with Crippen molar-refractivity contribution >= 4 is 29.9 Å². The Hall–Kier alpha value is -1.77. The minimum Gasteiger partial charge on any atom is -0.469 e. The molecular formula is C19H28IN5O. The van der Waals surface area contributed by atoms with Crippen molar-refractivity contribution in [3.8, 4) is 0 Å². The molecule has 1 fully saturated rings. The van der Waals surface area contributed by atoms with Gasteiger partial charge in [0.2, 0.25) is 0 Å². The number of aryl methyl sites for hydroxylation is 1. The summed E-state index contributed by atoms with van der Waals surface area (Å²) < 4.78 is 7.27. The van der Waals surface area contributed by atoms with Gasteiger partial charge in [0, 0.05) is 45.2 Å². The molecule has 6 nitrogen and oxygen atoms in total. The van der Waals surface area contributed by atoms with E-state index in [4.69, 9.17) is 9.41 Å². The van der Waals surface area contributed by atoms with Crippen LogP contribution in [0.2, 0.25) is 0 Å². The number of likely N-dealkylation sites (tertiary alicyclic amines) is 1. The topological polar surface area (TPSA) is 58.6 Å².